The van der Waals surface area contributed by atoms with Crippen LogP contribution in [-0.4, -0.2) is 33.4 Å². The fraction of sp³-hybridized carbons (Fsp3) is 0.375. The summed E-state index contributed by atoms with van der Waals surface area (Å²) in [5.41, 5.74) is 0. The second kappa shape index (κ2) is 8.10. The first-order valence-corrected chi connectivity index (χ1v) is 7.20. The van der Waals surface area contributed by atoms with Crippen molar-refractivity contribution in [3.63, 3.8) is 0 Å². The summed E-state index contributed by atoms with van der Waals surface area (Å²) in [6, 6.07) is 11.8. The molecule has 1 N–H and O–H groups in total. The van der Waals surface area contributed by atoms with Gasteiger partial charge in [0.25, 0.3) is 0 Å². The Balaban J connectivity index is 1.86. The van der Waals surface area contributed by atoms with Crippen molar-refractivity contribution in [1.82, 2.24) is 5.32 Å². The minimum Gasteiger partial charge on any atom is -0.492 e. The summed E-state index contributed by atoms with van der Waals surface area (Å²) in [7, 11) is 1.72. The van der Waals surface area contributed by atoms with Crippen molar-refractivity contribution < 1.29 is 9.47 Å². The first-order chi connectivity index (χ1) is 9.83. The van der Waals surface area contributed by atoms with Gasteiger partial charge in [0, 0.05) is 36.1 Å². The Kier molecular flexibility index (Phi) is 6.12. The lowest BCUT2D eigenvalue weighted by atomic mass is 10.1. The van der Waals surface area contributed by atoms with E-state index in [1.807, 2.05) is 36.4 Å². The predicted molar refractivity (Wildman–Crippen MR) is 83.8 cm³/mol. The molecule has 2 rings (SSSR count). The number of ether oxygens (including phenoxy) is 2. The molecular weight excluding hydrogens is 274 g/mol. The molecule has 0 saturated heterocycles. The molecule has 0 spiro atoms. The summed E-state index contributed by atoms with van der Waals surface area (Å²) < 4.78 is 10.8. The molecule has 0 heterocycles. The quantitative estimate of drug-likeness (QED) is 0.756. The molecular formula is C16H20ClNO2. The minimum atomic E-state index is 0.638. The van der Waals surface area contributed by atoms with Crippen LogP contribution in [0.15, 0.2) is 36.4 Å². The van der Waals surface area contributed by atoms with Crippen LogP contribution in [0.1, 0.15) is 6.42 Å². The molecule has 0 amide bonds. The average molecular weight is 294 g/mol. The maximum atomic E-state index is 6.18. The van der Waals surface area contributed by atoms with Crippen molar-refractivity contribution in [2.24, 2.45) is 0 Å². The third-order valence-electron chi connectivity index (χ3n) is 3.07. The number of hydrogen-bond donors (Lipinski definition) is 1. The van der Waals surface area contributed by atoms with Crippen LogP contribution in [0.25, 0.3) is 10.8 Å². The van der Waals surface area contributed by atoms with E-state index in [0.29, 0.717) is 6.61 Å². The number of methoxy groups -OCH3 is 1. The summed E-state index contributed by atoms with van der Waals surface area (Å²) in [5.74, 6) is 0.878. The van der Waals surface area contributed by atoms with Crippen LogP contribution in [0.4, 0.5) is 0 Å². The van der Waals surface area contributed by atoms with Gasteiger partial charge < -0.3 is 14.8 Å². The van der Waals surface area contributed by atoms with Crippen LogP contribution in [0.5, 0.6) is 5.75 Å². The van der Waals surface area contributed by atoms with E-state index < -0.39 is 0 Å². The van der Waals surface area contributed by atoms with Gasteiger partial charge in [0.2, 0.25) is 0 Å². The Hall–Kier alpha value is -1.29. The molecule has 4 heteroatoms. The summed E-state index contributed by atoms with van der Waals surface area (Å²) in [5, 5.41) is 6.16. The second-order valence-corrected chi connectivity index (χ2v) is 4.94. The Morgan fingerprint density at radius 3 is 2.60 bits per heavy atom. The molecule has 0 aliphatic heterocycles. The van der Waals surface area contributed by atoms with Gasteiger partial charge in [-0.1, -0.05) is 35.9 Å². The standard InChI is InChI=1S/C16H20ClNO2/c1-19-11-4-9-18-10-12-20-16-8-7-15(17)13-5-2-3-6-14(13)16/h2-3,5-8,18H,4,9-12H2,1H3. The van der Waals surface area contributed by atoms with Crippen molar-refractivity contribution in [2.75, 3.05) is 33.4 Å². The van der Waals surface area contributed by atoms with Crippen LogP contribution in [0, 0.1) is 0 Å². The predicted octanol–water partition coefficient (Wildman–Crippen LogP) is 3.50. The summed E-state index contributed by atoms with van der Waals surface area (Å²) in [6.45, 7) is 3.19. The highest BCUT2D eigenvalue weighted by Gasteiger charge is 2.04. The molecule has 0 bridgehead atoms. The van der Waals surface area contributed by atoms with Crippen LogP contribution >= 0.6 is 11.6 Å². The maximum absolute atomic E-state index is 6.18. The van der Waals surface area contributed by atoms with E-state index in [1.54, 1.807) is 7.11 Å². The monoisotopic (exact) mass is 293 g/mol. The molecule has 3 nitrogen and oxygen atoms in total. The SMILES string of the molecule is COCCCNCCOc1ccc(Cl)c2ccccc12. The smallest absolute Gasteiger partial charge is 0.127 e. The highest BCUT2D eigenvalue weighted by Crippen LogP contribution is 2.31. The fourth-order valence-electron chi connectivity index (χ4n) is 2.06. The summed E-state index contributed by atoms with van der Waals surface area (Å²) in [6.07, 6.45) is 1.01. The van der Waals surface area contributed by atoms with Gasteiger partial charge in [-0.05, 0) is 25.1 Å². The largest absolute Gasteiger partial charge is 0.492 e. The van der Waals surface area contributed by atoms with Crippen LogP contribution in [0.2, 0.25) is 5.02 Å². The van der Waals surface area contributed by atoms with Gasteiger partial charge in [-0.3, -0.25) is 0 Å². The topological polar surface area (TPSA) is 30.5 Å². The first kappa shape index (κ1) is 15.1. The Morgan fingerprint density at radius 1 is 1.00 bits per heavy atom. The molecule has 0 atom stereocenters. The molecule has 2 aromatic carbocycles. The van der Waals surface area contributed by atoms with Crippen molar-refractivity contribution in [3.05, 3.63) is 41.4 Å². The molecule has 0 saturated carbocycles. The zero-order valence-electron chi connectivity index (χ0n) is 11.7. The second-order valence-electron chi connectivity index (χ2n) is 4.54. The Labute approximate surface area is 124 Å². The Bertz CT molecular complexity index is 545. The first-order valence-electron chi connectivity index (χ1n) is 6.82. The van der Waals surface area contributed by atoms with E-state index in [0.717, 1.165) is 47.7 Å². The van der Waals surface area contributed by atoms with Gasteiger partial charge in [-0.15, -0.1) is 0 Å². The molecule has 2 aromatic rings. The number of benzene rings is 2. The number of rotatable bonds is 8. The van der Waals surface area contributed by atoms with Crippen molar-refractivity contribution in [1.29, 1.82) is 0 Å². The maximum Gasteiger partial charge on any atom is 0.127 e. The number of nitrogens with one attached hydrogen (secondary N) is 1. The molecule has 0 unspecified atom stereocenters. The molecule has 0 radical (unpaired) electrons. The zero-order chi connectivity index (χ0) is 14.2. The van der Waals surface area contributed by atoms with E-state index >= 15 is 0 Å². The van der Waals surface area contributed by atoms with Gasteiger partial charge in [0.05, 0.1) is 0 Å². The molecule has 20 heavy (non-hydrogen) atoms. The summed E-state index contributed by atoms with van der Waals surface area (Å²) >= 11 is 6.18. The lowest BCUT2D eigenvalue weighted by Gasteiger charge is -2.11. The van der Waals surface area contributed by atoms with E-state index in [2.05, 4.69) is 5.32 Å². The van der Waals surface area contributed by atoms with Crippen LogP contribution < -0.4 is 10.1 Å². The van der Waals surface area contributed by atoms with Crippen molar-refractivity contribution >= 4 is 22.4 Å². The van der Waals surface area contributed by atoms with Gasteiger partial charge in [-0.2, -0.15) is 0 Å². The molecule has 0 aliphatic carbocycles. The van der Waals surface area contributed by atoms with E-state index in [9.17, 15) is 0 Å². The molecule has 0 aliphatic rings. The van der Waals surface area contributed by atoms with Gasteiger partial charge in [0.15, 0.2) is 0 Å². The van der Waals surface area contributed by atoms with Gasteiger partial charge >= 0.3 is 0 Å². The molecule has 108 valence electrons. The lowest BCUT2D eigenvalue weighted by molar-refractivity contribution is 0.193. The van der Waals surface area contributed by atoms with Crippen molar-refractivity contribution in [2.45, 2.75) is 6.42 Å². The van der Waals surface area contributed by atoms with Crippen molar-refractivity contribution in [3.8, 4) is 5.75 Å². The minimum absolute atomic E-state index is 0.638. The molecule has 0 aromatic heterocycles. The average Bonchev–Trinajstić information content (AvgIpc) is 2.49. The highest BCUT2D eigenvalue weighted by molar-refractivity contribution is 6.35. The zero-order valence-corrected chi connectivity index (χ0v) is 12.5. The third-order valence-corrected chi connectivity index (χ3v) is 3.40. The highest BCUT2D eigenvalue weighted by atomic mass is 35.5. The third kappa shape index (κ3) is 4.10. The van der Waals surface area contributed by atoms with Crippen LogP contribution in [0.3, 0.4) is 0 Å². The molecule has 0 fully saturated rings. The number of halogens is 1. The number of fused-ring (bicyclic) bond motifs is 1. The van der Waals surface area contributed by atoms with Gasteiger partial charge in [0.1, 0.15) is 12.4 Å². The van der Waals surface area contributed by atoms with E-state index in [4.69, 9.17) is 21.1 Å². The fourth-order valence-corrected chi connectivity index (χ4v) is 2.29. The van der Waals surface area contributed by atoms with Crippen LogP contribution in [-0.2, 0) is 4.74 Å². The van der Waals surface area contributed by atoms with E-state index in [1.165, 1.54) is 0 Å². The van der Waals surface area contributed by atoms with Gasteiger partial charge in [-0.25, -0.2) is 0 Å². The Morgan fingerprint density at radius 2 is 1.80 bits per heavy atom. The van der Waals surface area contributed by atoms with E-state index in [-0.39, 0.29) is 0 Å². The number of hydrogen-bond acceptors (Lipinski definition) is 3. The summed E-state index contributed by atoms with van der Waals surface area (Å²) in [4.78, 5) is 0. The lowest BCUT2D eigenvalue weighted by Crippen LogP contribution is -2.22. The normalized spacial score (nSPS) is 10.9.